The Labute approximate surface area is 174 Å². The summed E-state index contributed by atoms with van der Waals surface area (Å²) in [5.41, 5.74) is 1.66. The van der Waals surface area contributed by atoms with Crippen LogP contribution in [0.2, 0.25) is 0 Å². The van der Waals surface area contributed by atoms with Crippen LogP contribution in [0.3, 0.4) is 0 Å². The quantitative estimate of drug-likeness (QED) is 0.578. The molecular formula is C23H25FN2O4. The van der Waals surface area contributed by atoms with Crippen LogP contribution in [0.1, 0.15) is 41.8 Å². The zero-order valence-corrected chi connectivity index (χ0v) is 17.1. The highest BCUT2D eigenvalue weighted by molar-refractivity contribution is 6.06. The molecule has 0 aliphatic rings. The van der Waals surface area contributed by atoms with Gasteiger partial charge in [-0.3, -0.25) is 9.59 Å². The lowest BCUT2D eigenvalue weighted by molar-refractivity contribution is -0.141. The molecule has 3 N–H and O–H groups in total. The van der Waals surface area contributed by atoms with Gasteiger partial charge in [-0.05, 0) is 55.2 Å². The van der Waals surface area contributed by atoms with Gasteiger partial charge in [0, 0.05) is 5.56 Å². The molecular weight excluding hydrogens is 387 g/mol. The van der Waals surface area contributed by atoms with Crippen LogP contribution in [0.15, 0.2) is 54.2 Å². The van der Waals surface area contributed by atoms with Crippen LogP contribution in [0.5, 0.6) is 0 Å². The highest BCUT2D eigenvalue weighted by Gasteiger charge is 2.24. The zero-order valence-electron chi connectivity index (χ0n) is 17.1. The molecule has 1 atom stereocenters. The van der Waals surface area contributed by atoms with Gasteiger partial charge in [-0.2, -0.15) is 0 Å². The lowest BCUT2D eigenvalue weighted by atomic mass is 10.0. The van der Waals surface area contributed by atoms with E-state index in [0.29, 0.717) is 11.1 Å². The predicted molar refractivity (Wildman–Crippen MR) is 112 cm³/mol. The highest BCUT2D eigenvalue weighted by atomic mass is 19.1. The van der Waals surface area contributed by atoms with Crippen LogP contribution in [0.25, 0.3) is 6.08 Å². The molecule has 7 heteroatoms. The first kappa shape index (κ1) is 22.8. The number of carboxylic acid groups (broad SMARTS) is 1. The van der Waals surface area contributed by atoms with Gasteiger partial charge < -0.3 is 15.7 Å². The van der Waals surface area contributed by atoms with Gasteiger partial charge in [0.15, 0.2) is 0 Å². The Bertz CT molecular complexity index is 935. The molecule has 0 radical (unpaired) electrons. The first-order valence-corrected chi connectivity index (χ1v) is 9.54. The molecule has 0 saturated carbocycles. The first-order chi connectivity index (χ1) is 14.2. The number of carboxylic acids is 1. The minimum atomic E-state index is -1.16. The minimum Gasteiger partial charge on any atom is -0.480 e. The monoisotopic (exact) mass is 412 g/mol. The maximum atomic E-state index is 13.2. The lowest BCUT2D eigenvalue weighted by Gasteiger charge is -2.18. The van der Waals surface area contributed by atoms with Crippen molar-refractivity contribution in [3.63, 3.8) is 0 Å². The van der Waals surface area contributed by atoms with Gasteiger partial charge in [-0.25, -0.2) is 9.18 Å². The second kappa shape index (κ2) is 10.3. The van der Waals surface area contributed by atoms with Crippen molar-refractivity contribution < 1.29 is 23.9 Å². The van der Waals surface area contributed by atoms with Crippen molar-refractivity contribution >= 4 is 23.9 Å². The number of rotatable bonds is 8. The van der Waals surface area contributed by atoms with Crippen molar-refractivity contribution in [2.45, 2.75) is 33.2 Å². The van der Waals surface area contributed by atoms with Crippen LogP contribution in [0.4, 0.5) is 4.39 Å². The number of benzene rings is 2. The second-order valence-electron chi connectivity index (χ2n) is 7.42. The molecule has 30 heavy (non-hydrogen) atoms. The van der Waals surface area contributed by atoms with Crippen LogP contribution in [-0.2, 0) is 9.59 Å². The fraction of sp³-hybridized carbons (Fsp3) is 0.261. The van der Waals surface area contributed by atoms with Crippen LogP contribution >= 0.6 is 0 Å². The molecule has 0 fully saturated rings. The molecule has 0 aromatic heterocycles. The summed E-state index contributed by atoms with van der Waals surface area (Å²) in [7, 11) is 0. The molecule has 2 aromatic carbocycles. The van der Waals surface area contributed by atoms with Gasteiger partial charge in [0.2, 0.25) is 0 Å². The lowest BCUT2D eigenvalue weighted by Crippen LogP contribution is -2.45. The number of carbonyl (C=O) groups is 3. The number of aryl methyl sites for hydroxylation is 1. The average Bonchev–Trinajstić information content (AvgIpc) is 2.68. The zero-order chi connectivity index (χ0) is 22.3. The van der Waals surface area contributed by atoms with Crippen molar-refractivity contribution in [3.05, 3.63) is 76.7 Å². The summed E-state index contributed by atoms with van der Waals surface area (Å²) in [4.78, 5) is 36.9. The summed E-state index contributed by atoms with van der Waals surface area (Å²) >= 11 is 0. The van der Waals surface area contributed by atoms with Gasteiger partial charge in [0.05, 0.1) is 0 Å². The molecule has 6 nitrogen and oxygen atoms in total. The maximum Gasteiger partial charge on any atom is 0.326 e. The Hall–Kier alpha value is -3.48. The van der Waals surface area contributed by atoms with Gasteiger partial charge >= 0.3 is 5.97 Å². The van der Waals surface area contributed by atoms with E-state index in [2.05, 4.69) is 10.6 Å². The number of carbonyl (C=O) groups excluding carboxylic acids is 2. The van der Waals surface area contributed by atoms with Crippen LogP contribution in [-0.4, -0.2) is 28.9 Å². The first-order valence-electron chi connectivity index (χ1n) is 9.54. The summed E-state index contributed by atoms with van der Waals surface area (Å²) in [6, 6.07) is 11.0. The maximum absolute atomic E-state index is 13.2. The largest absolute Gasteiger partial charge is 0.480 e. The fourth-order valence-electron chi connectivity index (χ4n) is 2.71. The summed E-state index contributed by atoms with van der Waals surface area (Å²) < 4.78 is 13.2. The van der Waals surface area contributed by atoms with E-state index in [9.17, 15) is 23.9 Å². The van der Waals surface area contributed by atoms with Gasteiger partial charge in [0.25, 0.3) is 11.8 Å². The van der Waals surface area contributed by atoms with Crippen molar-refractivity contribution in [3.8, 4) is 0 Å². The molecule has 2 aromatic rings. The van der Waals surface area contributed by atoms with E-state index in [1.165, 1.54) is 30.3 Å². The fourth-order valence-corrected chi connectivity index (χ4v) is 2.71. The average molecular weight is 412 g/mol. The number of hydrogen-bond acceptors (Lipinski definition) is 3. The van der Waals surface area contributed by atoms with E-state index in [4.69, 9.17) is 0 Å². The third-order valence-electron chi connectivity index (χ3n) is 4.30. The molecule has 0 spiro atoms. The third-order valence-corrected chi connectivity index (χ3v) is 4.30. The van der Waals surface area contributed by atoms with Crippen molar-refractivity contribution in [1.29, 1.82) is 0 Å². The number of amides is 2. The normalized spacial score (nSPS) is 12.4. The van der Waals surface area contributed by atoms with Crippen LogP contribution < -0.4 is 10.6 Å². The Morgan fingerprint density at radius 2 is 1.63 bits per heavy atom. The van der Waals surface area contributed by atoms with E-state index in [0.717, 1.165) is 5.56 Å². The van der Waals surface area contributed by atoms with Gasteiger partial charge in [-0.15, -0.1) is 0 Å². The summed E-state index contributed by atoms with van der Waals surface area (Å²) in [6.45, 7) is 5.57. The van der Waals surface area contributed by atoms with E-state index in [1.54, 1.807) is 24.3 Å². The standard InChI is InChI=1S/C23H25FN2O4/c1-14(2)12-20(23(29)30)26-22(28)19(13-16-6-10-18(24)11-7-16)25-21(27)17-8-4-15(3)5-9-17/h4-11,13-14,20H,12H2,1-3H3,(H,25,27)(H,26,28)(H,29,30)/b19-13+/t20-/m1/s1. The highest BCUT2D eigenvalue weighted by Crippen LogP contribution is 2.11. The topological polar surface area (TPSA) is 95.5 Å². The van der Waals surface area contributed by atoms with Crippen molar-refractivity contribution in [2.75, 3.05) is 0 Å². The number of hydrogen-bond donors (Lipinski definition) is 3. The molecule has 0 aliphatic heterocycles. The molecule has 0 bridgehead atoms. The number of nitrogens with one attached hydrogen (secondary N) is 2. The van der Waals surface area contributed by atoms with Crippen molar-refractivity contribution in [1.82, 2.24) is 10.6 Å². The Balaban J connectivity index is 2.31. The minimum absolute atomic E-state index is 0.0399. The molecule has 0 heterocycles. The summed E-state index contributed by atoms with van der Waals surface area (Å²) in [5.74, 6) is -2.83. The third kappa shape index (κ3) is 6.84. The van der Waals surface area contributed by atoms with Crippen LogP contribution in [0, 0.1) is 18.7 Å². The van der Waals surface area contributed by atoms with E-state index in [-0.39, 0.29) is 18.0 Å². The SMILES string of the molecule is Cc1ccc(C(=O)N/C(=C/c2ccc(F)cc2)C(=O)N[C@H](CC(C)C)C(=O)O)cc1. The smallest absolute Gasteiger partial charge is 0.326 e. The predicted octanol–water partition coefficient (Wildman–Crippen LogP) is 3.52. The second-order valence-corrected chi connectivity index (χ2v) is 7.42. The number of halogens is 1. The number of aliphatic carboxylic acids is 1. The molecule has 0 saturated heterocycles. The van der Waals surface area contributed by atoms with E-state index < -0.39 is 29.6 Å². The molecule has 158 valence electrons. The molecule has 2 rings (SSSR count). The van der Waals surface area contributed by atoms with E-state index in [1.807, 2.05) is 20.8 Å². The molecule has 2 amide bonds. The summed E-state index contributed by atoms with van der Waals surface area (Å²) in [5, 5.41) is 14.4. The molecule has 0 aliphatic carbocycles. The van der Waals surface area contributed by atoms with Crippen molar-refractivity contribution in [2.24, 2.45) is 5.92 Å². The Morgan fingerprint density at radius 3 is 2.17 bits per heavy atom. The molecule has 0 unspecified atom stereocenters. The van der Waals surface area contributed by atoms with Gasteiger partial charge in [0.1, 0.15) is 17.6 Å². The Kier molecular flexibility index (Phi) is 7.86. The summed E-state index contributed by atoms with van der Waals surface area (Å²) in [6.07, 6.45) is 1.60. The van der Waals surface area contributed by atoms with Gasteiger partial charge in [-0.1, -0.05) is 43.7 Å². The van der Waals surface area contributed by atoms with E-state index >= 15 is 0 Å². The Morgan fingerprint density at radius 1 is 1.03 bits per heavy atom.